The summed E-state index contributed by atoms with van der Waals surface area (Å²) in [7, 11) is 0. The minimum absolute atomic E-state index is 0.0742. The lowest BCUT2D eigenvalue weighted by Crippen LogP contribution is -2.02. The zero-order chi connectivity index (χ0) is 23.8. The summed E-state index contributed by atoms with van der Waals surface area (Å²) in [6, 6.07) is 15.1. The van der Waals surface area contributed by atoms with Crippen LogP contribution < -0.4 is 14.2 Å². The molecular formula is C25H18ClNO7. The molecule has 5 rings (SSSR count). The zero-order valence-corrected chi connectivity index (χ0v) is 18.4. The molecule has 1 aromatic heterocycles. The fraction of sp³-hybridized carbons (Fsp3) is 0.120. The van der Waals surface area contributed by atoms with Crippen LogP contribution in [0, 0.1) is 0 Å². The van der Waals surface area contributed by atoms with E-state index < -0.39 is 11.9 Å². The van der Waals surface area contributed by atoms with Crippen LogP contribution in [-0.4, -0.2) is 33.9 Å². The molecule has 3 aromatic carbocycles. The third-order valence-corrected chi connectivity index (χ3v) is 5.96. The van der Waals surface area contributed by atoms with Gasteiger partial charge in [-0.05, 0) is 53.1 Å². The lowest BCUT2D eigenvalue weighted by Gasteiger charge is -2.09. The van der Waals surface area contributed by atoms with E-state index in [2.05, 4.69) is 4.98 Å². The van der Waals surface area contributed by atoms with Crippen molar-refractivity contribution in [3.8, 4) is 17.2 Å². The Kier molecular flexibility index (Phi) is 5.51. The van der Waals surface area contributed by atoms with Crippen molar-refractivity contribution >= 4 is 34.4 Å². The molecule has 0 saturated heterocycles. The number of carboxylic acid groups (broad SMARTS) is 2. The highest BCUT2D eigenvalue weighted by atomic mass is 35.5. The van der Waals surface area contributed by atoms with Crippen molar-refractivity contribution in [3.05, 3.63) is 87.6 Å². The van der Waals surface area contributed by atoms with Crippen LogP contribution in [0.15, 0.2) is 54.6 Å². The molecule has 0 bridgehead atoms. The van der Waals surface area contributed by atoms with Gasteiger partial charge in [-0.3, -0.25) is 0 Å². The number of aromatic nitrogens is 1. The quantitative estimate of drug-likeness (QED) is 0.337. The van der Waals surface area contributed by atoms with Gasteiger partial charge >= 0.3 is 11.9 Å². The van der Waals surface area contributed by atoms with E-state index >= 15 is 0 Å². The second-order valence-electron chi connectivity index (χ2n) is 7.76. The number of aromatic amines is 1. The van der Waals surface area contributed by atoms with Gasteiger partial charge in [-0.1, -0.05) is 23.7 Å². The summed E-state index contributed by atoms with van der Waals surface area (Å²) >= 11 is 6.43. The van der Waals surface area contributed by atoms with Crippen LogP contribution in [0.3, 0.4) is 0 Å². The highest BCUT2D eigenvalue weighted by Crippen LogP contribution is 2.39. The van der Waals surface area contributed by atoms with Crippen molar-refractivity contribution in [2.75, 3.05) is 6.79 Å². The molecule has 0 amide bonds. The van der Waals surface area contributed by atoms with Gasteiger partial charge in [0.05, 0.1) is 5.56 Å². The van der Waals surface area contributed by atoms with Crippen LogP contribution in [0.2, 0.25) is 5.02 Å². The van der Waals surface area contributed by atoms with Crippen molar-refractivity contribution in [3.63, 3.8) is 0 Å². The number of nitrogens with one attached hydrogen (secondary N) is 1. The van der Waals surface area contributed by atoms with E-state index in [1.165, 1.54) is 12.1 Å². The number of carbonyl (C=O) groups is 2. The lowest BCUT2D eigenvalue weighted by molar-refractivity contribution is 0.0682. The average Bonchev–Trinajstić information content (AvgIpc) is 3.42. The number of carboxylic acids is 2. The smallest absolute Gasteiger partial charge is 0.352 e. The Morgan fingerprint density at radius 3 is 2.41 bits per heavy atom. The van der Waals surface area contributed by atoms with Crippen LogP contribution in [0.4, 0.5) is 0 Å². The van der Waals surface area contributed by atoms with Gasteiger partial charge in [0.1, 0.15) is 18.1 Å². The van der Waals surface area contributed by atoms with Crippen LogP contribution >= 0.6 is 11.6 Å². The molecule has 0 aliphatic carbocycles. The van der Waals surface area contributed by atoms with E-state index in [0.717, 1.165) is 5.56 Å². The fourth-order valence-corrected chi connectivity index (χ4v) is 4.10. The van der Waals surface area contributed by atoms with Gasteiger partial charge < -0.3 is 29.4 Å². The van der Waals surface area contributed by atoms with Gasteiger partial charge in [-0.25, -0.2) is 9.59 Å². The van der Waals surface area contributed by atoms with Crippen LogP contribution in [0.25, 0.3) is 10.9 Å². The summed E-state index contributed by atoms with van der Waals surface area (Å²) in [6.45, 7) is 0.341. The van der Waals surface area contributed by atoms with E-state index in [4.69, 9.17) is 30.9 Å². The normalized spacial score (nSPS) is 12.1. The minimum Gasteiger partial charge on any atom is -0.489 e. The fourth-order valence-electron chi connectivity index (χ4n) is 3.88. The predicted molar refractivity (Wildman–Crippen MR) is 123 cm³/mol. The first-order chi connectivity index (χ1) is 16.4. The second-order valence-corrected chi connectivity index (χ2v) is 8.16. The summed E-state index contributed by atoms with van der Waals surface area (Å²) in [5, 5.41) is 19.9. The second kappa shape index (κ2) is 8.64. The monoisotopic (exact) mass is 479 g/mol. The van der Waals surface area contributed by atoms with Crippen LogP contribution in [0.1, 0.15) is 37.5 Å². The largest absolute Gasteiger partial charge is 0.489 e. The molecule has 8 nitrogen and oxygen atoms in total. The molecule has 0 spiro atoms. The molecule has 34 heavy (non-hydrogen) atoms. The molecule has 0 unspecified atom stereocenters. The first kappa shape index (κ1) is 21.7. The first-order valence-corrected chi connectivity index (χ1v) is 10.7. The molecule has 0 saturated carbocycles. The van der Waals surface area contributed by atoms with E-state index in [-0.39, 0.29) is 31.1 Å². The van der Waals surface area contributed by atoms with Crippen molar-refractivity contribution in [1.29, 1.82) is 0 Å². The summed E-state index contributed by atoms with van der Waals surface area (Å²) in [5.41, 5.74) is 3.01. The number of fused-ring (bicyclic) bond motifs is 2. The Bertz CT molecular complexity index is 1430. The van der Waals surface area contributed by atoms with Crippen molar-refractivity contribution in [2.45, 2.75) is 13.0 Å². The molecule has 4 aromatic rings. The highest BCUT2D eigenvalue weighted by molar-refractivity contribution is 6.31. The maximum atomic E-state index is 11.9. The maximum Gasteiger partial charge on any atom is 0.352 e. The average molecular weight is 480 g/mol. The SMILES string of the molecule is O=C(O)c1ccc(COc2ccc3[nH]c(C(=O)O)c(Cc4cc5c(cc4Cl)OCO5)c3c2)cc1. The van der Waals surface area contributed by atoms with Gasteiger partial charge in [0.25, 0.3) is 0 Å². The molecule has 172 valence electrons. The number of H-pyrrole nitrogens is 1. The van der Waals surface area contributed by atoms with Gasteiger partial charge in [0.15, 0.2) is 11.5 Å². The zero-order valence-electron chi connectivity index (χ0n) is 17.6. The van der Waals surface area contributed by atoms with Crippen LogP contribution in [0.5, 0.6) is 17.2 Å². The number of halogens is 1. The molecule has 1 aliphatic heterocycles. The molecule has 1 aliphatic rings. The van der Waals surface area contributed by atoms with E-state index in [1.807, 2.05) is 0 Å². The van der Waals surface area contributed by atoms with Crippen molar-refractivity contribution in [2.24, 2.45) is 0 Å². The predicted octanol–water partition coefficient (Wildman–Crippen LogP) is 5.12. The molecule has 9 heteroatoms. The summed E-state index contributed by atoms with van der Waals surface area (Å²) < 4.78 is 16.7. The van der Waals surface area contributed by atoms with Crippen molar-refractivity contribution < 1.29 is 34.0 Å². The first-order valence-electron chi connectivity index (χ1n) is 10.3. The van der Waals surface area contributed by atoms with Gasteiger partial charge in [0.2, 0.25) is 6.79 Å². The molecule has 0 atom stereocenters. The Morgan fingerprint density at radius 2 is 1.71 bits per heavy atom. The number of benzene rings is 3. The minimum atomic E-state index is -1.08. The number of hydrogen-bond acceptors (Lipinski definition) is 5. The topological polar surface area (TPSA) is 118 Å². The summed E-state index contributed by atoms with van der Waals surface area (Å²) in [6.07, 6.45) is 0.261. The summed E-state index contributed by atoms with van der Waals surface area (Å²) in [5.74, 6) is -0.408. The van der Waals surface area contributed by atoms with Gasteiger partial charge in [-0.2, -0.15) is 0 Å². The molecule has 0 fully saturated rings. The Morgan fingerprint density at radius 1 is 0.971 bits per heavy atom. The Labute approximate surface area is 198 Å². The van der Waals surface area contributed by atoms with Crippen molar-refractivity contribution in [1.82, 2.24) is 4.98 Å². The van der Waals surface area contributed by atoms with Crippen LogP contribution in [-0.2, 0) is 13.0 Å². The molecule has 3 N–H and O–H groups in total. The molecular weight excluding hydrogens is 462 g/mol. The standard InChI is InChI=1S/C25H18ClNO7/c26-19-10-22-21(33-12-34-22)8-15(19)7-18-17-9-16(5-6-20(17)27-23(18)25(30)31)32-11-13-1-3-14(4-2-13)24(28)29/h1-6,8-10,27H,7,11-12H2,(H,28,29)(H,30,31). The summed E-state index contributed by atoms with van der Waals surface area (Å²) in [4.78, 5) is 25.9. The number of rotatable bonds is 7. The Hall–Kier alpha value is -4.17. The van der Waals surface area contributed by atoms with E-state index in [0.29, 0.717) is 44.3 Å². The van der Waals surface area contributed by atoms with Gasteiger partial charge in [-0.15, -0.1) is 0 Å². The molecule has 0 radical (unpaired) electrons. The highest BCUT2D eigenvalue weighted by Gasteiger charge is 2.22. The number of hydrogen-bond donors (Lipinski definition) is 3. The van der Waals surface area contributed by atoms with E-state index in [9.17, 15) is 14.7 Å². The third kappa shape index (κ3) is 4.11. The molecule has 2 heterocycles. The maximum absolute atomic E-state index is 11.9. The Balaban J connectivity index is 1.45. The number of ether oxygens (including phenoxy) is 3. The van der Waals surface area contributed by atoms with Gasteiger partial charge in [0, 0.05) is 28.4 Å². The van der Waals surface area contributed by atoms with E-state index in [1.54, 1.807) is 42.5 Å². The number of aromatic carboxylic acids is 2. The lowest BCUT2D eigenvalue weighted by atomic mass is 10.0. The third-order valence-electron chi connectivity index (χ3n) is 5.61.